The van der Waals surface area contributed by atoms with Crippen molar-refractivity contribution in [2.45, 2.75) is 19.5 Å². The van der Waals surface area contributed by atoms with E-state index in [0.29, 0.717) is 22.9 Å². The molecule has 1 unspecified atom stereocenters. The van der Waals surface area contributed by atoms with Crippen molar-refractivity contribution in [3.63, 3.8) is 0 Å². The van der Waals surface area contributed by atoms with Gasteiger partial charge in [0.05, 0.1) is 17.9 Å². The Labute approximate surface area is 195 Å². The van der Waals surface area contributed by atoms with Gasteiger partial charge < -0.3 is 14.8 Å². The second kappa shape index (κ2) is 10.1. The molecule has 4 rings (SSSR count). The number of hydrogen-bond acceptors (Lipinski definition) is 6. The average Bonchev–Trinajstić information content (AvgIpc) is 2.86. The summed E-state index contributed by atoms with van der Waals surface area (Å²) >= 11 is 0. The number of carbonyl (C=O) groups excluding carboxylic acids is 3. The van der Waals surface area contributed by atoms with Gasteiger partial charge in [0, 0.05) is 11.8 Å². The van der Waals surface area contributed by atoms with Crippen LogP contribution in [0.4, 0.5) is 10.1 Å². The number of carbonyl (C=O) groups is 3. The number of halogens is 1. The summed E-state index contributed by atoms with van der Waals surface area (Å²) in [6, 6.07) is 14.5. The number of Topliss-reactive ketones (excluding diaryl/α,β-unsaturated/α-hetero) is 1. The molecule has 34 heavy (non-hydrogen) atoms. The molecule has 0 radical (unpaired) electrons. The quantitative estimate of drug-likeness (QED) is 0.516. The van der Waals surface area contributed by atoms with Gasteiger partial charge in [-0.15, -0.1) is 0 Å². The van der Waals surface area contributed by atoms with Crippen LogP contribution in [-0.2, 0) is 16.1 Å². The molecule has 0 saturated heterocycles. The van der Waals surface area contributed by atoms with Crippen LogP contribution in [0.15, 0.2) is 66.9 Å². The molecule has 8 nitrogen and oxygen atoms in total. The third-order valence-corrected chi connectivity index (χ3v) is 5.28. The number of nitrogens with one attached hydrogen (secondary N) is 1. The van der Waals surface area contributed by atoms with E-state index in [2.05, 4.69) is 10.3 Å². The summed E-state index contributed by atoms with van der Waals surface area (Å²) in [4.78, 5) is 43.6. The second-order valence-electron chi connectivity index (χ2n) is 7.62. The Morgan fingerprint density at radius 1 is 1.18 bits per heavy atom. The third kappa shape index (κ3) is 5.20. The van der Waals surface area contributed by atoms with Crippen molar-refractivity contribution in [2.24, 2.45) is 0 Å². The van der Waals surface area contributed by atoms with Gasteiger partial charge >= 0.3 is 0 Å². The number of pyridine rings is 1. The van der Waals surface area contributed by atoms with Gasteiger partial charge in [-0.3, -0.25) is 24.3 Å². The predicted octanol–water partition coefficient (Wildman–Crippen LogP) is 2.91. The number of fused-ring (bicyclic) bond motifs is 1. The fourth-order valence-electron chi connectivity index (χ4n) is 3.48. The fraction of sp³-hybridized carbons (Fsp3) is 0.200. The van der Waals surface area contributed by atoms with Crippen LogP contribution in [-0.4, -0.2) is 41.8 Å². The lowest BCUT2D eigenvalue weighted by atomic mass is 10.1. The van der Waals surface area contributed by atoms with E-state index in [9.17, 15) is 18.8 Å². The van der Waals surface area contributed by atoms with Gasteiger partial charge in [-0.05, 0) is 61.5 Å². The first kappa shape index (κ1) is 22.9. The van der Waals surface area contributed by atoms with E-state index in [4.69, 9.17) is 9.47 Å². The molecule has 1 aliphatic heterocycles. The number of ketones is 1. The number of nitrogens with zero attached hydrogens (tertiary/aromatic N) is 2. The van der Waals surface area contributed by atoms with Crippen LogP contribution in [0.2, 0.25) is 0 Å². The Morgan fingerprint density at radius 2 is 1.97 bits per heavy atom. The molecule has 174 valence electrons. The molecule has 0 saturated carbocycles. The number of benzene rings is 2. The molecule has 3 aromatic rings. The zero-order chi connectivity index (χ0) is 24.1. The van der Waals surface area contributed by atoms with Crippen LogP contribution < -0.4 is 19.7 Å². The molecule has 2 amide bonds. The smallest absolute Gasteiger partial charge is 0.265 e. The molecular weight excluding hydrogens is 441 g/mol. The summed E-state index contributed by atoms with van der Waals surface area (Å²) in [5.41, 5.74) is 1.29. The third-order valence-electron chi connectivity index (χ3n) is 5.28. The van der Waals surface area contributed by atoms with Crippen LogP contribution in [0, 0.1) is 5.82 Å². The van der Waals surface area contributed by atoms with Crippen LogP contribution in [0.3, 0.4) is 0 Å². The number of amides is 2. The molecule has 1 atom stereocenters. The molecule has 0 spiro atoms. The lowest BCUT2D eigenvalue weighted by molar-refractivity contribution is -0.127. The molecule has 2 heterocycles. The van der Waals surface area contributed by atoms with Crippen LogP contribution in [0.5, 0.6) is 11.5 Å². The van der Waals surface area contributed by atoms with Crippen LogP contribution in [0.25, 0.3) is 0 Å². The molecular formula is C25H22FN3O5. The Bertz CT molecular complexity index is 1200. The summed E-state index contributed by atoms with van der Waals surface area (Å²) in [5.74, 6) is -0.789. The van der Waals surface area contributed by atoms with Crippen LogP contribution in [0.1, 0.15) is 23.0 Å². The lowest BCUT2D eigenvalue weighted by Gasteiger charge is -2.33. The highest BCUT2D eigenvalue weighted by Gasteiger charge is 2.33. The maximum atomic E-state index is 13.0. The largest absolute Gasteiger partial charge is 0.485 e. The highest BCUT2D eigenvalue weighted by Crippen LogP contribution is 2.34. The van der Waals surface area contributed by atoms with Crippen molar-refractivity contribution >= 4 is 23.3 Å². The Hall–Kier alpha value is -4.27. The molecule has 0 fully saturated rings. The van der Waals surface area contributed by atoms with Gasteiger partial charge in [0.15, 0.2) is 19.0 Å². The maximum absolute atomic E-state index is 13.0. The number of rotatable bonds is 8. The van der Waals surface area contributed by atoms with Crippen molar-refractivity contribution in [3.05, 3.63) is 83.9 Å². The minimum absolute atomic E-state index is 0.216. The van der Waals surface area contributed by atoms with Gasteiger partial charge in [-0.1, -0.05) is 6.07 Å². The first-order chi connectivity index (χ1) is 16.4. The van der Waals surface area contributed by atoms with E-state index in [1.54, 1.807) is 37.4 Å². The highest BCUT2D eigenvalue weighted by molar-refractivity contribution is 6.05. The second-order valence-corrected chi connectivity index (χ2v) is 7.62. The summed E-state index contributed by atoms with van der Waals surface area (Å²) < 4.78 is 24.0. The average molecular weight is 463 g/mol. The van der Waals surface area contributed by atoms with Crippen LogP contribution >= 0.6 is 0 Å². The van der Waals surface area contributed by atoms with Gasteiger partial charge in [0.1, 0.15) is 23.4 Å². The SMILES string of the molecule is CC(C(=O)NCc1ccccn1)N1C(=O)COc2ccc(C(=O)COc3ccc(F)cc3)cc21. The van der Waals surface area contributed by atoms with Crippen molar-refractivity contribution in [2.75, 3.05) is 18.1 Å². The van der Waals surface area contributed by atoms with E-state index in [1.165, 1.54) is 35.2 Å². The molecule has 1 aromatic heterocycles. The normalized spacial score (nSPS) is 13.5. The number of aromatic nitrogens is 1. The highest BCUT2D eigenvalue weighted by atomic mass is 19.1. The Balaban J connectivity index is 1.48. The first-order valence-corrected chi connectivity index (χ1v) is 10.6. The molecule has 2 aromatic carbocycles. The summed E-state index contributed by atoms with van der Waals surface area (Å²) in [6.07, 6.45) is 1.63. The van der Waals surface area contributed by atoms with E-state index < -0.39 is 17.8 Å². The van der Waals surface area contributed by atoms with Gasteiger partial charge in [-0.25, -0.2) is 4.39 Å². The minimum Gasteiger partial charge on any atom is -0.485 e. The zero-order valence-corrected chi connectivity index (χ0v) is 18.4. The standard InChI is InChI=1S/C25H22FN3O5/c1-16(25(32)28-13-19-4-2-3-11-27-19)29-21-12-17(5-10-23(21)34-15-24(29)31)22(30)14-33-20-8-6-18(26)7-9-20/h2-12,16H,13-15H2,1H3,(H,28,32). The summed E-state index contributed by atoms with van der Waals surface area (Å²) in [5, 5.41) is 2.78. The summed E-state index contributed by atoms with van der Waals surface area (Å²) in [7, 11) is 0. The predicted molar refractivity (Wildman–Crippen MR) is 121 cm³/mol. The van der Waals surface area contributed by atoms with Crippen molar-refractivity contribution < 1.29 is 28.2 Å². The number of ether oxygens (including phenoxy) is 2. The molecule has 0 bridgehead atoms. The Morgan fingerprint density at radius 3 is 2.71 bits per heavy atom. The van der Waals surface area contributed by atoms with E-state index >= 15 is 0 Å². The monoisotopic (exact) mass is 463 g/mol. The molecule has 0 aliphatic carbocycles. The van der Waals surface area contributed by atoms with Gasteiger partial charge in [0.25, 0.3) is 5.91 Å². The fourth-order valence-corrected chi connectivity index (χ4v) is 3.48. The Kier molecular flexibility index (Phi) is 6.82. The van der Waals surface area contributed by atoms with Crippen molar-refractivity contribution in [1.82, 2.24) is 10.3 Å². The molecule has 1 N–H and O–H groups in total. The van der Waals surface area contributed by atoms with E-state index in [-0.39, 0.29) is 37.0 Å². The summed E-state index contributed by atoms with van der Waals surface area (Å²) in [6.45, 7) is 1.33. The number of hydrogen-bond donors (Lipinski definition) is 1. The van der Waals surface area contributed by atoms with E-state index in [0.717, 1.165) is 0 Å². The van der Waals surface area contributed by atoms with Crippen molar-refractivity contribution in [1.29, 1.82) is 0 Å². The maximum Gasteiger partial charge on any atom is 0.265 e. The number of anilines is 1. The zero-order valence-electron chi connectivity index (χ0n) is 18.4. The van der Waals surface area contributed by atoms with Crippen molar-refractivity contribution in [3.8, 4) is 11.5 Å². The van der Waals surface area contributed by atoms with Gasteiger partial charge in [-0.2, -0.15) is 0 Å². The lowest BCUT2D eigenvalue weighted by Crippen LogP contribution is -2.51. The molecule has 9 heteroatoms. The van der Waals surface area contributed by atoms with Gasteiger partial charge in [0.2, 0.25) is 5.91 Å². The topological polar surface area (TPSA) is 97.8 Å². The minimum atomic E-state index is -0.848. The first-order valence-electron chi connectivity index (χ1n) is 10.6. The van der Waals surface area contributed by atoms with E-state index in [1.807, 2.05) is 6.07 Å². The molecule has 1 aliphatic rings.